The van der Waals surface area contributed by atoms with E-state index >= 15 is 0 Å². The lowest BCUT2D eigenvalue weighted by atomic mass is 10.0. The fraction of sp³-hybridized carbons (Fsp3) is 0.280. The number of anilines is 2. The third-order valence-corrected chi connectivity index (χ3v) is 5.58. The number of hydrogen-bond donors (Lipinski definition) is 2. The van der Waals surface area contributed by atoms with Gasteiger partial charge in [0.05, 0.1) is 25.2 Å². The second-order valence-electron chi connectivity index (χ2n) is 7.84. The van der Waals surface area contributed by atoms with Crippen LogP contribution in [-0.4, -0.2) is 38.8 Å². The van der Waals surface area contributed by atoms with Gasteiger partial charge in [0.25, 0.3) is 0 Å². The smallest absolute Gasteiger partial charge is 0.118 e. The Balaban J connectivity index is 1.49. The SMILES string of the molecule is COc1ccc(CN2CNc3ccc(-c4ccc(CN(C)CCN)cc4)cc32)cc1. The number of fused-ring (bicyclic) bond motifs is 1. The second-order valence-corrected chi connectivity index (χ2v) is 7.84. The van der Waals surface area contributed by atoms with Crippen molar-refractivity contribution in [2.45, 2.75) is 13.1 Å². The van der Waals surface area contributed by atoms with Crippen molar-refractivity contribution in [3.05, 3.63) is 77.9 Å². The van der Waals surface area contributed by atoms with Gasteiger partial charge in [0.1, 0.15) is 5.75 Å². The molecule has 0 aliphatic carbocycles. The van der Waals surface area contributed by atoms with E-state index in [9.17, 15) is 0 Å². The fourth-order valence-corrected chi connectivity index (χ4v) is 3.89. The Morgan fingerprint density at radius 1 is 0.967 bits per heavy atom. The van der Waals surface area contributed by atoms with Gasteiger partial charge in [0.2, 0.25) is 0 Å². The largest absolute Gasteiger partial charge is 0.497 e. The summed E-state index contributed by atoms with van der Waals surface area (Å²) in [7, 11) is 3.80. The van der Waals surface area contributed by atoms with Crippen LogP contribution < -0.4 is 20.7 Å². The van der Waals surface area contributed by atoms with E-state index in [4.69, 9.17) is 10.5 Å². The van der Waals surface area contributed by atoms with E-state index in [1.165, 1.54) is 33.6 Å². The monoisotopic (exact) mass is 402 g/mol. The third-order valence-electron chi connectivity index (χ3n) is 5.58. The van der Waals surface area contributed by atoms with Gasteiger partial charge < -0.3 is 25.6 Å². The number of likely N-dealkylation sites (N-methyl/N-ethyl adjacent to an activating group) is 1. The van der Waals surface area contributed by atoms with Crippen LogP contribution in [0, 0.1) is 0 Å². The first kappa shape index (κ1) is 20.3. The van der Waals surface area contributed by atoms with Gasteiger partial charge in [0.15, 0.2) is 0 Å². The van der Waals surface area contributed by atoms with Crippen LogP contribution in [0.3, 0.4) is 0 Å². The number of methoxy groups -OCH3 is 1. The predicted octanol–water partition coefficient (Wildman–Crippen LogP) is 4.14. The van der Waals surface area contributed by atoms with Crippen molar-refractivity contribution in [2.24, 2.45) is 5.73 Å². The van der Waals surface area contributed by atoms with Gasteiger partial charge in [0, 0.05) is 26.2 Å². The van der Waals surface area contributed by atoms with Gasteiger partial charge in [-0.3, -0.25) is 0 Å². The number of nitrogens with two attached hydrogens (primary N) is 1. The Morgan fingerprint density at radius 2 is 1.67 bits per heavy atom. The van der Waals surface area contributed by atoms with E-state index in [1.807, 2.05) is 12.1 Å². The van der Waals surface area contributed by atoms with E-state index in [1.54, 1.807) is 7.11 Å². The zero-order valence-corrected chi connectivity index (χ0v) is 17.8. The molecule has 5 nitrogen and oxygen atoms in total. The van der Waals surface area contributed by atoms with Gasteiger partial charge in [-0.15, -0.1) is 0 Å². The Hall–Kier alpha value is -3.02. The van der Waals surface area contributed by atoms with Gasteiger partial charge in [-0.05, 0) is 53.6 Å². The first-order valence-electron chi connectivity index (χ1n) is 10.4. The molecule has 3 aromatic carbocycles. The molecular formula is C25H30N4O. The third kappa shape index (κ3) is 4.58. The minimum absolute atomic E-state index is 0.685. The number of nitrogens with zero attached hydrogens (tertiary/aromatic N) is 2. The highest BCUT2D eigenvalue weighted by atomic mass is 16.5. The van der Waals surface area contributed by atoms with E-state index < -0.39 is 0 Å². The maximum Gasteiger partial charge on any atom is 0.118 e. The quantitative estimate of drug-likeness (QED) is 0.593. The molecule has 0 fully saturated rings. The van der Waals surface area contributed by atoms with Gasteiger partial charge in [-0.2, -0.15) is 0 Å². The normalized spacial score (nSPS) is 12.7. The molecule has 0 radical (unpaired) electrons. The predicted molar refractivity (Wildman–Crippen MR) is 125 cm³/mol. The molecule has 0 unspecified atom stereocenters. The highest BCUT2D eigenvalue weighted by Gasteiger charge is 2.19. The summed E-state index contributed by atoms with van der Waals surface area (Å²) in [5, 5.41) is 3.50. The van der Waals surface area contributed by atoms with Gasteiger partial charge in [-0.25, -0.2) is 0 Å². The molecule has 0 saturated heterocycles. The highest BCUT2D eigenvalue weighted by molar-refractivity contribution is 5.81. The van der Waals surface area contributed by atoms with Crippen molar-refractivity contribution in [1.29, 1.82) is 0 Å². The summed E-state index contributed by atoms with van der Waals surface area (Å²) in [6, 6.07) is 23.8. The topological polar surface area (TPSA) is 53.8 Å². The molecule has 1 aliphatic rings. The van der Waals surface area contributed by atoms with Crippen molar-refractivity contribution in [3.63, 3.8) is 0 Å². The Morgan fingerprint density at radius 3 is 2.37 bits per heavy atom. The number of benzene rings is 3. The summed E-state index contributed by atoms with van der Waals surface area (Å²) in [6.45, 7) is 4.19. The fourth-order valence-electron chi connectivity index (χ4n) is 3.89. The molecule has 1 heterocycles. The first-order chi connectivity index (χ1) is 14.7. The summed E-state index contributed by atoms with van der Waals surface area (Å²) in [5.74, 6) is 0.888. The standard InChI is InChI=1S/C25H30N4O/c1-28(14-13-26)16-19-3-7-21(8-4-19)22-9-12-24-25(15-22)29(18-27-24)17-20-5-10-23(30-2)11-6-20/h3-12,15,27H,13-14,16-18,26H2,1-2H3. The van der Waals surface area contributed by atoms with Crippen LogP contribution in [-0.2, 0) is 13.1 Å². The Bertz CT molecular complexity index is 969. The summed E-state index contributed by atoms with van der Waals surface area (Å²) in [6.07, 6.45) is 0. The maximum absolute atomic E-state index is 5.64. The number of ether oxygens (including phenoxy) is 1. The summed E-state index contributed by atoms with van der Waals surface area (Å²) < 4.78 is 5.27. The van der Waals surface area contributed by atoms with Gasteiger partial charge in [-0.1, -0.05) is 42.5 Å². The molecule has 0 amide bonds. The van der Waals surface area contributed by atoms with Crippen molar-refractivity contribution in [2.75, 3.05) is 44.1 Å². The van der Waals surface area contributed by atoms with Crippen LogP contribution in [0.4, 0.5) is 11.4 Å². The minimum atomic E-state index is 0.685. The molecule has 3 N–H and O–H groups in total. The zero-order chi connectivity index (χ0) is 20.9. The first-order valence-corrected chi connectivity index (χ1v) is 10.4. The molecule has 0 bridgehead atoms. The van der Waals surface area contributed by atoms with E-state index in [0.717, 1.165) is 32.1 Å². The van der Waals surface area contributed by atoms with E-state index in [-0.39, 0.29) is 0 Å². The molecule has 0 atom stereocenters. The van der Waals surface area contributed by atoms with Crippen LogP contribution in [0.5, 0.6) is 5.75 Å². The minimum Gasteiger partial charge on any atom is -0.497 e. The molecule has 0 saturated carbocycles. The molecule has 4 rings (SSSR count). The van der Waals surface area contributed by atoms with Gasteiger partial charge >= 0.3 is 0 Å². The number of nitrogens with one attached hydrogen (secondary N) is 1. The van der Waals surface area contributed by atoms with Crippen LogP contribution >= 0.6 is 0 Å². The molecular weight excluding hydrogens is 372 g/mol. The lowest BCUT2D eigenvalue weighted by Gasteiger charge is -2.19. The molecule has 30 heavy (non-hydrogen) atoms. The summed E-state index contributed by atoms with van der Waals surface area (Å²) in [4.78, 5) is 4.61. The van der Waals surface area contributed by atoms with Crippen molar-refractivity contribution >= 4 is 11.4 Å². The molecule has 156 valence electrons. The average Bonchev–Trinajstić information content (AvgIpc) is 3.17. The summed E-state index contributed by atoms with van der Waals surface area (Å²) in [5.41, 5.74) is 13.1. The maximum atomic E-state index is 5.64. The lowest BCUT2D eigenvalue weighted by Crippen LogP contribution is -2.24. The molecule has 0 spiro atoms. The van der Waals surface area contributed by atoms with E-state index in [0.29, 0.717) is 6.54 Å². The van der Waals surface area contributed by atoms with Crippen LogP contribution in [0.15, 0.2) is 66.7 Å². The number of rotatable bonds is 8. The highest BCUT2D eigenvalue weighted by Crippen LogP contribution is 2.36. The molecule has 1 aliphatic heterocycles. The summed E-state index contributed by atoms with van der Waals surface area (Å²) >= 11 is 0. The average molecular weight is 403 g/mol. The van der Waals surface area contributed by atoms with E-state index in [2.05, 4.69) is 76.8 Å². The Kier molecular flexibility index (Phi) is 6.21. The molecule has 0 aromatic heterocycles. The van der Waals surface area contributed by atoms with Crippen molar-refractivity contribution in [3.8, 4) is 16.9 Å². The molecule has 3 aromatic rings. The van der Waals surface area contributed by atoms with Crippen LogP contribution in [0.2, 0.25) is 0 Å². The zero-order valence-electron chi connectivity index (χ0n) is 17.8. The van der Waals surface area contributed by atoms with Crippen LogP contribution in [0.1, 0.15) is 11.1 Å². The Labute approximate surface area is 179 Å². The number of hydrogen-bond acceptors (Lipinski definition) is 5. The van der Waals surface area contributed by atoms with Crippen LogP contribution in [0.25, 0.3) is 11.1 Å². The molecule has 5 heteroatoms. The van der Waals surface area contributed by atoms with Crippen molar-refractivity contribution < 1.29 is 4.74 Å². The lowest BCUT2D eigenvalue weighted by molar-refractivity contribution is 0.336. The van der Waals surface area contributed by atoms with Crippen molar-refractivity contribution in [1.82, 2.24) is 4.90 Å². The second kappa shape index (κ2) is 9.20.